The van der Waals surface area contributed by atoms with Crippen LogP contribution in [0.25, 0.3) is 0 Å². The van der Waals surface area contributed by atoms with Gasteiger partial charge >= 0.3 is 0 Å². The van der Waals surface area contributed by atoms with Crippen molar-refractivity contribution in [1.82, 2.24) is 20.3 Å². The number of aromatic nitrogens is 3. The lowest BCUT2D eigenvalue weighted by molar-refractivity contribution is 0.475. The fraction of sp³-hybridized carbons (Fsp3) is 0.273. The van der Waals surface area contributed by atoms with E-state index in [-0.39, 0.29) is 5.75 Å². The van der Waals surface area contributed by atoms with Crippen molar-refractivity contribution in [1.29, 1.82) is 0 Å². The molecule has 1 aromatic carbocycles. The summed E-state index contributed by atoms with van der Waals surface area (Å²) in [5.41, 5.74) is 2.00. The number of nitrogens with one attached hydrogen (secondary N) is 1. The van der Waals surface area contributed by atoms with Gasteiger partial charge in [0, 0.05) is 6.54 Å². The maximum absolute atomic E-state index is 9.15. The first-order valence-corrected chi connectivity index (χ1v) is 5.09. The number of phenols is 1. The normalized spacial score (nSPS) is 10.6. The van der Waals surface area contributed by atoms with Gasteiger partial charge in [-0.15, -0.1) is 5.10 Å². The minimum atomic E-state index is 0.276. The zero-order chi connectivity index (χ0) is 11.4. The van der Waals surface area contributed by atoms with Crippen molar-refractivity contribution in [2.45, 2.75) is 13.1 Å². The van der Waals surface area contributed by atoms with Crippen LogP contribution in [0, 0.1) is 0 Å². The minimum Gasteiger partial charge on any atom is -0.508 e. The Kier molecular flexibility index (Phi) is 3.16. The molecule has 0 saturated carbocycles. The molecule has 16 heavy (non-hydrogen) atoms. The highest BCUT2D eigenvalue weighted by molar-refractivity contribution is 5.25. The third-order valence-corrected chi connectivity index (χ3v) is 2.22. The molecule has 0 unspecified atom stereocenters. The maximum atomic E-state index is 9.15. The number of benzene rings is 1. The van der Waals surface area contributed by atoms with Crippen LogP contribution in [0.5, 0.6) is 5.75 Å². The van der Waals surface area contributed by atoms with E-state index in [0.29, 0.717) is 6.54 Å². The molecule has 2 rings (SSSR count). The SMILES string of the molecule is CNCc1cn(Cc2ccc(O)cc2)nn1. The molecule has 1 aromatic heterocycles. The summed E-state index contributed by atoms with van der Waals surface area (Å²) in [4.78, 5) is 0. The lowest BCUT2D eigenvalue weighted by Gasteiger charge is -2.00. The molecule has 0 aliphatic rings. The first-order chi connectivity index (χ1) is 7.78. The van der Waals surface area contributed by atoms with Gasteiger partial charge in [-0.25, -0.2) is 4.68 Å². The van der Waals surface area contributed by atoms with Gasteiger partial charge in [-0.2, -0.15) is 0 Å². The van der Waals surface area contributed by atoms with Crippen LogP contribution in [0.2, 0.25) is 0 Å². The van der Waals surface area contributed by atoms with Crippen LogP contribution < -0.4 is 5.32 Å². The second-order valence-electron chi connectivity index (χ2n) is 3.60. The predicted octanol–water partition coefficient (Wildman–Crippen LogP) is 0.751. The Labute approximate surface area is 93.7 Å². The second kappa shape index (κ2) is 4.76. The number of aromatic hydroxyl groups is 1. The third kappa shape index (κ3) is 2.58. The molecule has 5 nitrogen and oxygen atoms in total. The highest BCUT2D eigenvalue weighted by atomic mass is 16.3. The summed E-state index contributed by atoms with van der Waals surface area (Å²) in [6.07, 6.45) is 1.91. The molecule has 0 fully saturated rings. The number of hydrogen-bond donors (Lipinski definition) is 2. The quantitative estimate of drug-likeness (QED) is 0.795. The van der Waals surface area contributed by atoms with Crippen LogP contribution in [0.4, 0.5) is 0 Å². The zero-order valence-corrected chi connectivity index (χ0v) is 9.09. The molecule has 1 heterocycles. The minimum absolute atomic E-state index is 0.276. The zero-order valence-electron chi connectivity index (χ0n) is 9.09. The van der Waals surface area contributed by atoms with E-state index < -0.39 is 0 Å². The molecule has 84 valence electrons. The third-order valence-electron chi connectivity index (χ3n) is 2.22. The molecule has 2 aromatic rings. The first kappa shape index (κ1) is 10.6. The summed E-state index contributed by atoms with van der Waals surface area (Å²) in [5.74, 6) is 0.276. The van der Waals surface area contributed by atoms with Gasteiger partial charge in [0.25, 0.3) is 0 Å². The summed E-state index contributed by atoms with van der Waals surface area (Å²) in [5, 5.41) is 20.2. The van der Waals surface area contributed by atoms with Gasteiger partial charge in [0.05, 0.1) is 18.4 Å². The van der Waals surface area contributed by atoms with Crippen molar-refractivity contribution in [3.63, 3.8) is 0 Å². The van der Waals surface area contributed by atoms with Gasteiger partial charge in [0.1, 0.15) is 5.75 Å². The Morgan fingerprint density at radius 3 is 2.75 bits per heavy atom. The van der Waals surface area contributed by atoms with Crippen molar-refractivity contribution in [2.24, 2.45) is 0 Å². The topological polar surface area (TPSA) is 63.0 Å². The second-order valence-corrected chi connectivity index (χ2v) is 3.60. The van der Waals surface area contributed by atoms with E-state index in [2.05, 4.69) is 15.6 Å². The molecular weight excluding hydrogens is 204 g/mol. The van der Waals surface area contributed by atoms with Crippen molar-refractivity contribution in [3.8, 4) is 5.75 Å². The highest BCUT2D eigenvalue weighted by Crippen LogP contribution is 2.10. The predicted molar refractivity (Wildman–Crippen MR) is 60.0 cm³/mol. The van der Waals surface area contributed by atoms with E-state index in [1.165, 1.54) is 0 Å². The van der Waals surface area contributed by atoms with Crippen molar-refractivity contribution >= 4 is 0 Å². The molecule has 0 bridgehead atoms. The lowest BCUT2D eigenvalue weighted by Crippen LogP contribution is -2.05. The van der Waals surface area contributed by atoms with E-state index in [1.807, 2.05) is 25.4 Å². The molecule has 0 aliphatic heterocycles. The number of nitrogens with zero attached hydrogens (tertiary/aromatic N) is 3. The lowest BCUT2D eigenvalue weighted by atomic mass is 10.2. The van der Waals surface area contributed by atoms with Gasteiger partial charge in [0.2, 0.25) is 0 Å². The Hall–Kier alpha value is -1.88. The van der Waals surface area contributed by atoms with Gasteiger partial charge in [-0.3, -0.25) is 0 Å². The largest absolute Gasteiger partial charge is 0.508 e. The highest BCUT2D eigenvalue weighted by Gasteiger charge is 2.00. The molecule has 0 atom stereocenters. The van der Waals surface area contributed by atoms with Gasteiger partial charge in [0.15, 0.2) is 0 Å². The molecule has 2 N–H and O–H groups in total. The van der Waals surface area contributed by atoms with Crippen LogP contribution in [0.3, 0.4) is 0 Å². The Bertz CT molecular complexity index is 449. The summed E-state index contributed by atoms with van der Waals surface area (Å²) >= 11 is 0. The van der Waals surface area contributed by atoms with Gasteiger partial charge in [-0.1, -0.05) is 17.3 Å². The van der Waals surface area contributed by atoms with Crippen LogP contribution >= 0.6 is 0 Å². The number of phenolic OH excluding ortho intramolecular Hbond substituents is 1. The fourth-order valence-corrected chi connectivity index (χ4v) is 1.47. The molecule has 0 radical (unpaired) electrons. The standard InChI is InChI=1S/C11H14N4O/c1-12-6-10-8-15(14-13-10)7-9-2-4-11(16)5-3-9/h2-5,8,12,16H,6-7H2,1H3. The Morgan fingerprint density at radius 1 is 1.31 bits per heavy atom. The molecule has 0 spiro atoms. The van der Waals surface area contributed by atoms with Crippen LogP contribution in [0.1, 0.15) is 11.3 Å². The van der Waals surface area contributed by atoms with Crippen molar-refractivity contribution < 1.29 is 5.11 Å². The summed E-state index contributed by atoms with van der Waals surface area (Å²) in [7, 11) is 1.87. The summed E-state index contributed by atoms with van der Waals surface area (Å²) in [6.45, 7) is 1.38. The average Bonchev–Trinajstić information content (AvgIpc) is 2.70. The fourth-order valence-electron chi connectivity index (χ4n) is 1.47. The molecule has 5 heteroatoms. The molecular formula is C11H14N4O. The first-order valence-electron chi connectivity index (χ1n) is 5.09. The maximum Gasteiger partial charge on any atom is 0.115 e. The monoisotopic (exact) mass is 218 g/mol. The van der Waals surface area contributed by atoms with Crippen LogP contribution in [0.15, 0.2) is 30.5 Å². The van der Waals surface area contributed by atoms with Crippen LogP contribution in [-0.4, -0.2) is 27.1 Å². The summed E-state index contributed by atoms with van der Waals surface area (Å²) < 4.78 is 1.78. The molecule has 0 aliphatic carbocycles. The summed E-state index contributed by atoms with van der Waals surface area (Å²) in [6, 6.07) is 7.07. The Balaban J connectivity index is 2.05. The van der Waals surface area contributed by atoms with E-state index >= 15 is 0 Å². The van der Waals surface area contributed by atoms with Crippen molar-refractivity contribution in [3.05, 3.63) is 41.7 Å². The smallest absolute Gasteiger partial charge is 0.115 e. The van der Waals surface area contributed by atoms with Crippen molar-refractivity contribution in [2.75, 3.05) is 7.05 Å². The van der Waals surface area contributed by atoms with Crippen LogP contribution in [-0.2, 0) is 13.1 Å². The van der Waals surface area contributed by atoms with Gasteiger partial charge in [-0.05, 0) is 24.7 Å². The average molecular weight is 218 g/mol. The molecule has 0 saturated heterocycles. The van der Waals surface area contributed by atoms with E-state index in [1.54, 1.807) is 16.8 Å². The Morgan fingerprint density at radius 2 is 2.06 bits per heavy atom. The number of hydrogen-bond acceptors (Lipinski definition) is 4. The van der Waals surface area contributed by atoms with Gasteiger partial charge < -0.3 is 10.4 Å². The van der Waals surface area contributed by atoms with E-state index in [0.717, 1.165) is 17.8 Å². The van der Waals surface area contributed by atoms with E-state index in [4.69, 9.17) is 5.11 Å². The van der Waals surface area contributed by atoms with E-state index in [9.17, 15) is 0 Å². The number of rotatable bonds is 4. The molecule has 0 amide bonds.